The normalized spacial score (nSPS) is 50.9. The van der Waals surface area contributed by atoms with E-state index in [1.165, 1.54) is 0 Å². The summed E-state index contributed by atoms with van der Waals surface area (Å²) < 4.78 is 0. The highest BCUT2D eigenvalue weighted by atomic mass is 16.3. The Morgan fingerprint density at radius 1 is 1.17 bits per heavy atom. The second-order valence-corrected chi connectivity index (χ2v) is 7.08. The maximum Gasteiger partial charge on any atom is 0.0911 e. The van der Waals surface area contributed by atoms with Gasteiger partial charge in [0.2, 0.25) is 0 Å². The SMILES string of the molecule is C/C1=C/C[C@@H](O)[C@](C)(O)[C@H]2C[C@@H]2C(C)(C)C[C@H]1O. The van der Waals surface area contributed by atoms with Crippen molar-refractivity contribution >= 4 is 0 Å². The highest BCUT2D eigenvalue weighted by Crippen LogP contribution is 2.58. The first-order valence-electron chi connectivity index (χ1n) is 6.91. The molecule has 0 saturated heterocycles. The molecule has 0 aromatic rings. The monoisotopic (exact) mass is 254 g/mol. The molecule has 0 heterocycles. The molecule has 0 spiro atoms. The van der Waals surface area contributed by atoms with E-state index in [1.54, 1.807) is 6.92 Å². The minimum Gasteiger partial charge on any atom is -0.390 e. The number of rotatable bonds is 0. The van der Waals surface area contributed by atoms with Gasteiger partial charge in [0.25, 0.3) is 0 Å². The molecule has 0 aromatic heterocycles. The molecule has 5 atom stereocenters. The van der Waals surface area contributed by atoms with Gasteiger partial charge in [-0.25, -0.2) is 0 Å². The quantitative estimate of drug-likeness (QED) is 0.578. The van der Waals surface area contributed by atoms with E-state index in [1.807, 2.05) is 13.0 Å². The summed E-state index contributed by atoms with van der Waals surface area (Å²) in [5, 5.41) is 30.8. The summed E-state index contributed by atoms with van der Waals surface area (Å²) in [4.78, 5) is 0. The summed E-state index contributed by atoms with van der Waals surface area (Å²) in [7, 11) is 0. The lowest BCUT2D eigenvalue weighted by molar-refractivity contribution is -0.0837. The first kappa shape index (κ1) is 14.0. The van der Waals surface area contributed by atoms with Gasteiger partial charge >= 0.3 is 0 Å². The Morgan fingerprint density at radius 2 is 1.78 bits per heavy atom. The standard InChI is InChI=1S/C15H26O3/c1-9-5-6-13(17)15(4,18)11-7-10(11)14(2,3)8-12(9)16/h5,10-13,16-18H,6-8H2,1-4H3/b9-5-/t10-,11-,12+,13+,15+/m0/s1. The highest BCUT2D eigenvalue weighted by Gasteiger charge is 2.57. The van der Waals surface area contributed by atoms with Crippen LogP contribution in [0.3, 0.4) is 0 Å². The molecule has 0 amide bonds. The van der Waals surface area contributed by atoms with E-state index < -0.39 is 17.8 Å². The lowest BCUT2D eigenvalue weighted by Gasteiger charge is -2.35. The second-order valence-electron chi connectivity index (χ2n) is 7.08. The van der Waals surface area contributed by atoms with E-state index in [0.29, 0.717) is 12.3 Å². The molecule has 104 valence electrons. The average molecular weight is 254 g/mol. The van der Waals surface area contributed by atoms with Crippen molar-refractivity contribution in [2.75, 3.05) is 0 Å². The lowest BCUT2D eigenvalue weighted by atomic mass is 9.75. The van der Waals surface area contributed by atoms with Crippen LogP contribution in [0.15, 0.2) is 11.6 Å². The van der Waals surface area contributed by atoms with Crippen LogP contribution in [0.4, 0.5) is 0 Å². The van der Waals surface area contributed by atoms with Gasteiger partial charge in [0.1, 0.15) is 0 Å². The smallest absolute Gasteiger partial charge is 0.0911 e. The zero-order chi connectivity index (χ0) is 13.7. The summed E-state index contributed by atoms with van der Waals surface area (Å²) in [6, 6.07) is 0. The predicted octanol–water partition coefficient (Wildman–Crippen LogP) is 1.86. The van der Waals surface area contributed by atoms with Crippen LogP contribution in [0.25, 0.3) is 0 Å². The van der Waals surface area contributed by atoms with E-state index in [0.717, 1.165) is 18.4 Å². The van der Waals surface area contributed by atoms with Gasteiger partial charge in [0.15, 0.2) is 0 Å². The van der Waals surface area contributed by atoms with Crippen molar-refractivity contribution in [3.8, 4) is 0 Å². The van der Waals surface area contributed by atoms with Crippen LogP contribution < -0.4 is 0 Å². The number of hydrogen-bond acceptors (Lipinski definition) is 3. The third-order valence-corrected chi connectivity index (χ3v) is 5.13. The summed E-state index contributed by atoms with van der Waals surface area (Å²) >= 11 is 0. The minimum atomic E-state index is -1.01. The van der Waals surface area contributed by atoms with Crippen molar-refractivity contribution in [1.82, 2.24) is 0 Å². The van der Waals surface area contributed by atoms with Gasteiger partial charge in [0.05, 0.1) is 17.8 Å². The molecule has 3 heteroatoms. The van der Waals surface area contributed by atoms with Crippen LogP contribution in [0.5, 0.6) is 0 Å². The van der Waals surface area contributed by atoms with Gasteiger partial charge < -0.3 is 15.3 Å². The lowest BCUT2D eigenvalue weighted by Crippen LogP contribution is -2.43. The molecule has 2 aliphatic rings. The maximum absolute atomic E-state index is 10.5. The van der Waals surface area contributed by atoms with E-state index in [-0.39, 0.29) is 11.3 Å². The van der Waals surface area contributed by atoms with E-state index >= 15 is 0 Å². The summed E-state index contributed by atoms with van der Waals surface area (Å²) in [6.45, 7) is 7.95. The molecule has 0 bridgehead atoms. The zero-order valence-electron chi connectivity index (χ0n) is 11.8. The van der Waals surface area contributed by atoms with Crippen molar-refractivity contribution in [1.29, 1.82) is 0 Å². The Kier molecular flexibility index (Phi) is 3.37. The van der Waals surface area contributed by atoms with Crippen molar-refractivity contribution in [2.24, 2.45) is 17.3 Å². The molecule has 0 aromatic carbocycles. The van der Waals surface area contributed by atoms with E-state index in [2.05, 4.69) is 13.8 Å². The first-order valence-corrected chi connectivity index (χ1v) is 6.91. The van der Waals surface area contributed by atoms with Crippen molar-refractivity contribution < 1.29 is 15.3 Å². The summed E-state index contributed by atoms with van der Waals surface area (Å²) in [5.41, 5.74) is -0.113. The molecule has 0 unspecified atom stereocenters. The van der Waals surface area contributed by atoms with Crippen molar-refractivity contribution in [3.05, 3.63) is 11.6 Å². The first-order chi connectivity index (χ1) is 8.16. The number of hydrogen-bond donors (Lipinski definition) is 3. The van der Waals surface area contributed by atoms with Gasteiger partial charge in [-0.2, -0.15) is 0 Å². The third kappa shape index (κ3) is 2.36. The van der Waals surface area contributed by atoms with Crippen LogP contribution in [-0.2, 0) is 0 Å². The molecular weight excluding hydrogens is 228 g/mol. The third-order valence-electron chi connectivity index (χ3n) is 5.13. The Balaban J connectivity index is 2.29. The molecule has 3 nitrogen and oxygen atoms in total. The second kappa shape index (κ2) is 4.32. The minimum absolute atomic E-state index is 0.000231. The summed E-state index contributed by atoms with van der Waals surface area (Å²) in [6.07, 6.45) is 2.77. The van der Waals surface area contributed by atoms with Crippen LogP contribution >= 0.6 is 0 Å². The Hall–Kier alpha value is -0.380. The van der Waals surface area contributed by atoms with Crippen molar-refractivity contribution in [2.45, 2.75) is 64.8 Å². The Labute approximate surface area is 110 Å². The zero-order valence-corrected chi connectivity index (χ0v) is 11.8. The molecule has 0 aliphatic heterocycles. The number of aliphatic hydroxyl groups excluding tert-OH is 2. The largest absolute Gasteiger partial charge is 0.390 e. The van der Waals surface area contributed by atoms with Crippen LogP contribution in [0, 0.1) is 17.3 Å². The summed E-state index contributed by atoms with van der Waals surface area (Å²) in [5.74, 6) is 0.546. The molecule has 2 aliphatic carbocycles. The van der Waals surface area contributed by atoms with Gasteiger partial charge in [-0.05, 0) is 55.9 Å². The van der Waals surface area contributed by atoms with Crippen LogP contribution in [-0.4, -0.2) is 33.1 Å². The number of aliphatic hydroxyl groups is 3. The van der Waals surface area contributed by atoms with E-state index in [9.17, 15) is 15.3 Å². The molecule has 0 radical (unpaired) electrons. The van der Waals surface area contributed by atoms with Crippen LogP contribution in [0.1, 0.15) is 47.0 Å². The molecular formula is C15H26O3. The Bertz CT molecular complexity index is 357. The fourth-order valence-corrected chi connectivity index (χ4v) is 3.43. The maximum atomic E-state index is 10.5. The molecule has 2 rings (SSSR count). The molecule has 18 heavy (non-hydrogen) atoms. The van der Waals surface area contributed by atoms with Gasteiger partial charge in [0, 0.05) is 0 Å². The van der Waals surface area contributed by atoms with Crippen molar-refractivity contribution in [3.63, 3.8) is 0 Å². The molecule has 3 N–H and O–H groups in total. The number of fused-ring (bicyclic) bond motifs is 1. The fourth-order valence-electron chi connectivity index (χ4n) is 3.43. The van der Waals surface area contributed by atoms with Crippen LogP contribution in [0.2, 0.25) is 0 Å². The average Bonchev–Trinajstić information content (AvgIpc) is 3.03. The Morgan fingerprint density at radius 3 is 2.39 bits per heavy atom. The highest BCUT2D eigenvalue weighted by molar-refractivity contribution is 5.14. The van der Waals surface area contributed by atoms with Gasteiger partial charge in [-0.3, -0.25) is 0 Å². The van der Waals surface area contributed by atoms with Gasteiger partial charge in [-0.1, -0.05) is 19.9 Å². The predicted molar refractivity (Wildman–Crippen MR) is 71.0 cm³/mol. The molecule has 1 saturated carbocycles. The fraction of sp³-hybridized carbons (Fsp3) is 0.867. The van der Waals surface area contributed by atoms with Gasteiger partial charge in [-0.15, -0.1) is 0 Å². The topological polar surface area (TPSA) is 60.7 Å². The van der Waals surface area contributed by atoms with E-state index in [4.69, 9.17) is 0 Å². The molecule has 1 fully saturated rings.